The molecule has 1 aliphatic rings. The third-order valence-electron chi connectivity index (χ3n) is 8.14. The maximum Gasteiger partial charge on any atom is 0.380 e. The van der Waals surface area contributed by atoms with Crippen LogP contribution in [0.25, 0.3) is 32.3 Å². The topological polar surface area (TPSA) is 61.4 Å². The molecule has 7 rings (SSSR count). The van der Waals surface area contributed by atoms with Crippen molar-refractivity contribution >= 4 is 65.7 Å². The Balaban J connectivity index is 1.27. The lowest BCUT2D eigenvalue weighted by Gasteiger charge is -2.25. The number of hydrogen-bond acceptors (Lipinski definition) is 6. The highest BCUT2D eigenvalue weighted by molar-refractivity contribution is 9.10. The van der Waals surface area contributed by atoms with Crippen molar-refractivity contribution in [2.75, 3.05) is 0 Å². The van der Waals surface area contributed by atoms with Gasteiger partial charge in [-0.15, -0.1) is 32.9 Å². The van der Waals surface area contributed by atoms with Crippen LogP contribution in [0.4, 0.5) is 26.3 Å². The minimum absolute atomic E-state index is 0.155. The SMILES string of the molecule is Cc1sc(-c2cn(Cc3ccc(Br)cc3)nn2)cc1C1=C(c2cc(-c3cn(Cc4ccc(Br)cc4)nn3)sc2C)C(F)(F)C(F)(F)C1(F)F. The van der Waals surface area contributed by atoms with Gasteiger partial charge < -0.3 is 0 Å². The van der Waals surface area contributed by atoms with Crippen molar-refractivity contribution in [3.05, 3.63) is 114 Å². The van der Waals surface area contributed by atoms with E-state index in [1.165, 1.54) is 35.3 Å². The molecule has 252 valence electrons. The van der Waals surface area contributed by atoms with Crippen LogP contribution < -0.4 is 0 Å². The number of rotatable bonds is 8. The fourth-order valence-corrected chi connectivity index (χ4v) is 8.16. The molecule has 49 heavy (non-hydrogen) atoms. The Morgan fingerprint density at radius 1 is 0.612 bits per heavy atom. The zero-order valence-corrected chi connectivity index (χ0v) is 30.2. The highest BCUT2D eigenvalue weighted by atomic mass is 79.9. The highest BCUT2D eigenvalue weighted by Crippen LogP contribution is 2.66. The van der Waals surface area contributed by atoms with Gasteiger partial charge in [-0.05, 0) is 72.5 Å². The van der Waals surface area contributed by atoms with E-state index in [4.69, 9.17) is 0 Å². The Morgan fingerprint density at radius 3 is 1.35 bits per heavy atom. The number of hydrogen-bond donors (Lipinski definition) is 0. The number of thiophene rings is 2. The summed E-state index contributed by atoms with van der Waals surface area (Å²) in [5.41, 5.74) is -1.18. The van der Waals surface area contributed by atoms with Crippen LogP contribution in [0.1, 0.15) is 32.0 Å². The predicted molar refractivity (Wildman–Crippen MR) is 184 cm³/mol. The molecule has 4 heterocycles. The Hall–Kier alpha value is -3.60. The zero-order chi connectivity index (χ0) is 34.9. The van der Waals surface area contributed by atoms with Crippen LogP contribution in [0.15, 0.2) is 82.0 Å². The smallest absolute Gasteiger partial charge is 0.247 e. The normalized spacial score (nSPS) is 16.5. The van der Waals surface area contributed by atoms with E-state index in [2.05, 4.69) is 52.5 Å². The third kappa shape index (κ3) is 5.89. The number of halogens is 8. The van der Waals surface area contributed by atoms with E-state index in [0.29, 0.717) is 34.2 Å². The Labute approximate surface area is 300 Å². The summed E-state index contributed by atoms with van der Waals surface area (Å²) in [6.45, 7) is 3.59. The van der Waals surface area contributed by atoms with Crippen molar-refractivity contribution in [1.82, 2.24) is 30.0 Å². The molecule has 4 aromatic heterocycles. The van der Waals surface area contributed by atoms with Gasteiger partial charge in [0.25, 0.3) is 0 Å². The summed E-state index contributed by atoms with van der Waals surface area (Å²) in [4.78, 5) is 0.950. The van der Waals surface area contributed by atoms with E-state index in [0.717, 1.165) is 42.7 Å². The largest absolute Gasteiger partial charge is 0.380 e. The van der Waals surface area contributed by atoms with Crippen LogP contribution >= 0.6 is 54.5 Å². The summed E-state index contributed by atoms with van der Waals surface area (Å²) in [6.07, 6.45) is 3.17. The standard InChI is InChI=1S/C33H22Br2F6N6S2/c1-17-23(11-27(48-17)25-15-46(44-42-25)13-19-3-7-21(34)8-4-19)29-30(32(38,39)33(40,41)31(29,36)37)24-12-28(49-18(24)2)26-16-47(45-43-26)14-20-5-9-22(35)10-6-20/h3-12,15-16H,13-14H2,1-2H3. The number of aryl methyl sites for hydroxylation is 2. The molecule has 2 aromatic carbocycles. The Kier molecular flexibility index (Phi) is 8.52. The van der Waals surface area contributed by atoms with Gasteiger partial charge in [0, 0.05) is 29.8 Å². The van der Waals surface area contributed by atoms with Gasteiger partial charge in [0.1, 0.15) is 11.4 Å². The monoisotopic (exact) mass is 838 g/mol. The molecule has 0 saturated heterocycles. The van der Waals surface area contributed by atoms with E-state index in [9.17, 15) is 0 Å². The van der Waals surface area contributed by atoms with Crippen molar-refractivity contribution in [3.63, 3.8) is 0 Å². The van der Waals surface area contributed by atoms with E-state index in [1.54, 1.807) is 12.4 Å². The van der Waals surface area contributed by atoms with Gasteiger partial charge in [0.15, 0.2) is 0 Å². The molecule has 0 fully saturated rings. The van der Waals surface area contributed by atoms with Gasteiger partial charge in [-0.25, -0.2) is 9.36 Å². The van der Waals surface area contributed by atoms with E-state index in [-0.39, 0.29) is 9.75 Å². The highest BCUT2D eigenvalue weighted by Gasteiger charge is 2.80. The number of benzene rings is 2. The molecule has 16 heteroatoms. The average Bonchev–Trinajstić information content (AvgIpc) is 3.86. The number of aromatic nitrogens is 6. The summed E-state index contributed by atoms with van der Waals surface area (Å²) in [6, 6.07) is 17.5. The molecule has 0 unspecified atom stereocenters. The lowest BCUT2D eigenvalue weighted by molar-refractivity contribution is -0.254. The molecular weight excluding hydrogens is 818 g/mol. The molecule has 0 saturated carbocycles. The first-order valence-electron chi connectivity index (χ1n) is 14.6. The quantitative estimate of drug-likeness (QED) is 0.143. The molecule has 0 amide bonds. The van der Waals surface area contributed by atoms with Gasteiger partial charge in [-0.3, -0.25) is 0 Å². The second kappa shape index (κ2) is 12.3. The molecule has 0 atom stereocenters. The van der Waals surface area contributed by atoms with Gasteiger partial charge in [-0.2, -0.15) is 26.3 Å². The number of alkyl halides is 6. The van der Waals surface area contributed by atoms with E-state index in [1.807, 2.05) is 48.5 Å². The summed E-state index contributed by atoms with van der Waals surface area (Å²) in [7, 11) is 0. The maximum atomic E-state index is 15.7. The fraction of sp³-hybridized carbons (Fsp3) is 0.212. The predicted octanol–water partition coefficient (Wildman–Crippen LogP) is 10.4. The molecule has 0 aliphatic heterocycles. The lowest BCUT2D eigenvalue weighted by atomic mass is 9.95. The van der Waals surface area contributed by atoms with Crippen LogP contribution in [0.2, 0.25) is 0 Å². The minimum Gasteiger partial charge on any atom is -0.247 e. The van der Waals surface area contributed by atoms with Gasteiger partial charge in [-0.1, -0.05) is 66.6 Å². The maximum absolute atomic E-state index is 15.7. The summed E-state index contributed by atoms with van der Waals surface area (Å²) >= 11 is 8.73. The van der Waals surface area contributed by atoms with Gasteiger partial charge in [0.2, 0.25) is 0 Å². The fourth-order valence-electron chi connectivity index (χ4n) is 5.68. The van der Waals surface area contributed by atoms with Crippen LogP contribution in [0, 0.1) is 13.8 Å². The second-order valence-corrected chi connectivity index (χ2v) is 15.8. The first kappa shape index (κ1) is 33.9. The van der Waals surface area contributed by atoms with Crippen molar-refractivity contribution in [2.24, 2.45) is 0 Å². The zero-order valence-electron chi connectivity index (χ0n) is 25.4. The molecule has 0 bridgehead atoms. The second-order valence-electron chi connectivity index (χ2n) is 11.5. The van der Waals surface area contributed by atoms with Crippen LogP contribution in [0.5, 0.6) is 0 Å². The van der Waals surface area contributed by atoms with Gasteiger partial charge >= 0.3 is 17.8 Å². The van der Waals surface area contributed by atoms with Crippen molar-refractivity contribution in [3.8, 4) is 21.1 Å². The first-order valence-corrected chi connectivity index (χ1v) is 17.8. The molecule has 0 spiro atoms. The Bertz CT molecular complexity index is 2060. The lowest BCUT2D eigenvalue weighted by Crippen LogP contribution is -2.48. The minimum atomic E-state index is -5.69. The summed E-state index contributed by atoms with van der Waals surface area (Å²) < 4.78 is 98.1. The van der Waals surface area contributed by atoms with Crippen molar-refractivity contribution in [2.45, 2.75) is 44.7 Å². The molecule has 1 aliphatic carbocycles. The van der Waals surface area contributed by atoms with Crippen molar-refractivity contribution < 1.29 is 26.3 Å². The number of nitrogens with zero attached hydrogens (tertiary/aromatic N) is 6. The van der Waals surface area contributed by atoms with E-state index < -0.39 is 40.0 Å². The molecule has 0 radical (unpaired) electrons. The third-order valence-corrected chi connectivity index (χ3v) is 11.3. The Morgan fingerprint density at radius 2 is 0.980 bits per heavy atom. The molecular formula is C33H22Br2F6N6S2. The summed E-state index contributed by atoms with van der Waals surface area (Å²) in [5.74, 6) is -16.1. The van der Waals surface area contributed by atoms with Crippen molar-refractivity contribution in [1.29, 1.82) is 0 Å². The van der Waals surface area contributed by atoms with Crippen LogP contribution in [-0.4, -0.2) is 47.8 Å². The van der Waals surface area contributed by atoms with Crippen LogP contribution in [0.3, 0.4) is 0 Å². The molecule has 6 aromatic rings. The van der Waals surface area contributed by atoms with Gasteiger partial charge in [0.05, 0.1) is 35.2 Å². The first-order chi connectivity index (χ1) is 23.2. The number of allylic oxidation sites excluding steroid dienone is 2. The average molecular weight is 841 g/mol. The molecule has 6 nitrogen and oxygen atoms in total. The van der Waals surface area contributed by atoms with Crippen LogP contribution in [-0.2, 0) is 13.1 Å². The molecule has 0 N–H and O–H groups in total. The summed E-state index contributed by atoms with van der Waals surface area (Å²) in [5, 5.41) is 16.5. The van der Waals surface area contributed by atoms with E-state index >= 15 is 26.3 Å².